The Morgan fingerprint density at radius 3 is 2.62 bits per heavy atom. The molecule has 2 heterocycles. The molecule has 1 aromatic heterocycles. The van der Waals surface area contributed by atoms with Gasteiger partial charge in [-0.2, -0.15) is 4.68 Å². The van der Waals surface area contributed by atoms with Crippen molar-refractivity contribution in [3.63, 3.8) is 0 Å². The molecule has 126 valence electrons. The van der Waals surface area contributed by atoms with Gasteiger partial charge >= 0.3 is 5.97 Å². The lowest BCUT2D eigenvalue weighted by Gasteiger charge is -2.24. The number of rotatable bonds is 6. The van der Waals surface area contributed by atoms with E-state index in [-0.39, 0.29) is 17.3 Å². The summed E-state index contributed by atoms with van der Waals surface area (Å²) in [7, 11) is -3.75. The maximum Gasteiger partial charge on any atom is 0.331 e. The largest absolute Gasteiger partial charge is 0.452 e. The van der Waals surface area contributed by atoms with Gasteiger partial charge < -0.3 is 4.74 Å². The van der Waals surface area contributed by atoms with Gasteiger partial charge in [0.15, 0.2) is 0 Å². The van der Waals surface area contributed by atoms with E-state index in [9.17, 15) is 13.2 Å². The van der Waals surface area contributed by atoms with Crippen LogP contribution in [0.25, 0.3) is 5.69 Å². The lowest BCUT2D eigenvalue weighted by Crippen LogP contribution is -2.30. The number of carbonyl (C=O) groups excluding carboxylic acids is 1. The van der Waals surface area contributed by atoms with E-state index in [0.29, 0.717) is 12.1 Å². The minimum atomic E-state index is -3.75. The summed E-state index contributed by atoms with van der Waals surface area (Å²) in [5.41, 5.74) is -0.326. The van der Waals surface area contributed by atoms with Crippen LogP contribution in [0.2, 0.25) is 0 Å². The van der Waals surface area contributed by atoms with Crippen molar-refractivity contribution in [3.8, 4) is 5.69 Å². The van der Waals surface area contributed by atoms with E-state index in [1.54, 1.807) is 30.3 Å². The molecule has 0 saturated carbocycles. The molecular weight excluding hydrogens is 332 g/mol. The summed E-state index contributed by atoms with van der Waals surface area (Å²) in [6, 6.07) is 8.77. The number of para-hydroxylation sites is 1. The fourth-order valence-corrected chi connectivity index (χ4v) is 3.86. The van der Waals surface area contributed by atoms with Crippen LogP contribution in [0.5, 0.6) is 0 Å². The number of esters is 1. The topological polar surface area (TPSA) is 104 Å². The summed E-state index contributed by atoms with van der Waals surface area (Å²) >= 11 is 0. The average molecular weight is 348 g/mol. The summed E-state index contributed by atoms with van der Waals surface area (Å²) in [5, 5.41) is 10.7. The second-order valence-electron chi connectivity index (χ2n) is 5.45. The van der Waals surface area contributed by atoms with Crippen molar-refractivity contribution in [3.05, 3.63) is 42.5 Å². The molecule has 0 unspecified atom stereocenters. The minimum Gasteiger partial charge on any atom is -0.452 e. The smallest absolute Gasteiger partial charge is 0.331 e. The molecule has 1 atom stereocenters. The van der Waals surface area contributed by atoms with Crippen molar-refractivity contribution in [2.45, 2.75) is 30.5 Å². The van der Waals surface area contributed by atoms with Gasteiger partial charge in [-0.15, -0.1) is 0 Å². The molecule has 0 amide bonds. The summed E-state index contributed by atoms with van der Waals surface area (Å²) in [5.74, 6) is -0.686. The Labute approximate surface area is 139 Å². The van der Waals surface area contributed by atoms with Crippen LogP contribution in [0.15, 0.2) is 47.6 Å². The van der Waals surface area contributed by atoms with Gasteiger partial charge in [0, 0.05) is 12.5 Å². The highest BCUT2D eigenvalue weighted by atomic mass is 32.2. The maximum absolute atomic E-state index is 12.7. The molecule has 0 N–H and O–H groups in total. The number of nitrogens with zero attached hydrogens (tertiary/aromatic N) is 4. The van der Waals surface area contributed by atoms with Gasteiger partial charge in [0.05, 0.1) is 11.4 Å². The molecule has 1 aliphatic heterocycles. The van der Waals surface area contributed by atoms with Crippen LogP contribution in [0, 0.1) is 0 Å². The molecule has 0 radical (unpaired) electrons. The Bertz CT molecular complexity index is 876. The van der Waals surface area contributed by atoms with Crippen LogP contribution in [-0.4, -0.2) is 45.9 Å². The highest BCUT2D eigenvalue weighted by Crippen LogP contribution is 2.29. The van der Waals surface area contributed by atoms with Crippen molar-refractivity contribution in [2.24, 2.45) is 0 Å². The van der Waals surface area contributed by atoms with Crippen LogP contribution in [0.4, 0.5) is 0 Å². The third-order valence-corrected chi connectivity index (χ3v) is 5.49. The number of tetrazole rings is 1. The highest BCUT2D eigenvalue weighted by Gasteiger charge is 2.36. The average Bonchev–Trinajstić information content (AvgIpc) is 3.22. The van der Waals surface area contributed by atoms with Gasteiger partial charge in [-0.05, 0) is 35.1 Å². The van der Waals surface area contributed by atoms with E-state index in [0.717, 1.165) is 0 Å². The number of ether oxygens (including phenoxy) is 1. The Hall–Kier alpha value is -2.55. The van der Waals surface area contributed by atoms with E-state index >= 15 is 0 Å². The Morgan fingerprint density at radius 1 is 1.25 bits per heavy atom. The molecule has 3 rings (SSSR count). The van der Waals surface area contributed by atoms with Crippen molar-refractivity contribution in [1.82, 2.24) is 20.2 Å². The normalized spacial score (nSPS) is 20.3. The van der Waals surface area contributed by atoms with Gasteiger partial charge in [0.2, 0.25) is 9.84 Å². The second-order valence-corrected chi connectivity index (χ2v) is 7.45. The third kappa shape index (κ3) is 3.07. The predicted molar refractivity (Wildman–Crippen MR) is 84.1 cm³/mol. The number of sulfone groups is 1. The molecule has 2 aromatic rings. The standard InChI is InChI=1S/C15H16N4O4S/c1-2-15(9-8-13(20)23-15)10-11-24(21,22)14-16-17-18-19(14)12-6-4-3-5-7-12/h3-9H,2,10-11H2,1H3/t15-/m0/s1. The fraction of sp³-hybridized carbons (Fsp3) is 0.333. The summed E-state index contributed by atoms with van der Waals surface area (Å²) in [6.45, 7) is 1.84. The highest BCUT2D eigenvalue weighted by molar-refractivity contribution is 7.91. The van der Waals surface area contributed by atoms with Gasteiger partial charge in [-0.25, -0.2) is 13.2 Å². The Morgan fingerprint density at radius 2 is 2.00 bits per heavy atom. The molecule has 9 heteroatoms. The maximum atomic E-state index is 12.7. The lowest BCUT2D eigenvalue weighted by molar-refractivity contribution is -0.145. The quantitative estimate of drug-likeness (QED) is 0.720. The van der Waals surface area contributed by atoms with Crippen molar-refractivity contribution in [2.75, 3.05) is 5.75 Å². The first kappa shape index (κ1) is 16.3. The molecule has 0 fully saturated rings. The van der Waals surface area contributed by atoms with Gasteiger partial charge in [-0.1, -0.05) is 30.2 Å². The summed E-state index contributed by atoms with van der Waals surface area (Å²) in [6.07, 6.45) is 3.58. The fourth-order valence-electron chi connectivity index (χ4n) is 2.49. The van der Waals surface area contributed by atoms with Crippen LogP contribution >= 0.6 is 0 Å². The molecule has 0 spiro atoms. The summed E-state index contributed by atoms with van der Waals surface area (Å²) in [4.78, 5) is 11.3. The predicted octanol–water partition coefficient (Wildman–Crippen LogP) is 1.09. The molecular formula is C15H16N4O4S. The molecule has 1 aromatic carbocycles. The van der Waals surface area contributed by atoms with Crippen LogP contribution in [-0.2, 0) is 19.4 Å². The van der Waals surface area contributed by atoms with Crippen molar-refractivity contribution >= 4 is 15.8 Å². The first-order valence-electron chi connectivity index (χ1n) is 7.44. The number of hydrogen-bond donors (Lipinski definition) is 0. The Balaban J connectivity index is 1.84. The van der Waals surface area contributed by atoms with Crippen LogP contribution in [0.3, 0.4) is 0 Å². The second kappa shape index (κ2) is 6.16. The molecule has 1 aliphatic rings. The van der Waals surface area contributed by atoms with E-state index in [1.807, 2.05) is 13.0 Å². The van der Waals surface area contributed by atoms with Crippen molar-refractivity contribution in [1.29, 1.82) is 0 Å². The number of cyclic esters (lactones) is 1. The van der Waals surface area contributed by atoms with Gasteiger partial charge in [-0.3, -0.25) is 0 Å². The molecule has 0 aliphatic carbocycles. The first-order chi connectivity index (χ1) is 11.5. The zero-order valence-corrected chi connectivity index (χ0v) is 13.8. The SMILES string of the molecule is CC[C@@]1(CCS(=O)(=O)c2nnnn2-c2ccccc2)C=CC(=O)O1. The number of aromatic nitrogens is 4. The van der Waals surface area contributed by atoms with Gasteiger partial charge in [0.1, 0.15) is 5.60 Å². The van der Waals surface area contributed by atoms with Gasteiger partial charge in [0.25, 0.3) is 5.16 Å². The van der Waals surface area contributed by atoms with Crippen LogP contribution < -0.4 is 0 Å². The zero-order chi connectivity index (χ0) is 17.2. The van der Waals surface area contributed by atoms with E-state index < -0.39 is 21.4 Å². The number of benzene rings is 1. The van der Waals surface area contributed by atoms with Crippen molar-refractivity contribution < 1.29 is 17.9 Å². The Kier molecular flexibility index (Phi) is 4.18. The molecule has 0 bridgehead atoms. The van der Waals surface area contributed by atoms with E-state index in [1.165, 1.54) is 10.8 Å². The lowest BCUT2D eigenvalue weighted by atomic mass is 9.98. The third-order valence-electron chi connectivity index (χ3n) is 3.94. The number of carbonyl (C=O) groups is 1. The first-order valence-corrected chi connectivity index (χ1v) is 9.10. The molecule has 0 saturated heterocycles. The van der Waals surface area contributed by atoms with E-state index in [4.69, 9.17) is 4.74 Å². The molecule has 24 heavy (non-hydrogen) atoms. The monoisotopic (exact) mass is 348 g/mol. The van der Waals surface area contributed by atoms with E-state index in [2.05, 4.69) is 15.5 Å². The van der Waals surface area contributed by atoms with Crippen LogP contribution in [0.1, 0.15) is 19.8 Å². The number of hydrogen-bond acceptors (Lipinski definition) is 7. The molecule has 8 nitrogen and oxygen atoms in total. The summed E-state index contributed by atoms with van der Waals surface area (Å²) < 4.78 is 31.7. The minimum absolute atomic E-state index is 0.149. The zero-order valence-electron chi connectivity index (χ0n) is 13.0.